The number of alkyl halides is 3. The molecule has 0 radical (unpaired) electrons. The number of halogens is 4. The predicted octanol–water partition coefficient (Wildman–Crippen LogP) is 5.82. The van der Waals surface area contributed by atoms with Crippen LogP contribution in [0.3, 0.4) is 0 Å². The second-order valence-electron chi connectivity index (χ2n) is 6.55. The third-order valence-electron chi connectivity index (χ3n) is 4.33. The van der Waals surface area contributed by atoms with E-state index < -0.39 is 23.2 Å². The van der Waals surface area contributed by atoms with Gasteiger partial charge < -0.3 is 9.47 Å². The normalized spacial score (nSPS) is 11.4. The number of hydrogen-bond acceptors (Lipinski definition) is 4. The molecule has 0 saturated heterocycles. The van der Waals surface area contributed by atoms with Crippen LogP contribution in [0.2, 0.25) is 0 Å². The van der Waals surface area contributed by atoms with Crippen molar-refractivity contribution in [3.8, 4) is 11.5 Å². The van der Waals surface area contributed by atoms with Gasteiger partial charge in [0, 0.05) is 0 Å². The first-order valence-electron chi connectivity index (χ1n) is 9.33. The smallest absolute Gasteiger partial charge is 0.417 e. The Bertz CT molecular complexity index is 1120. The number of carbonyl (C=O) groups excluding carboxylic acids is 1. The predicted molar refractivity (Wildman–Crippen MR) is 118 cm³/mol. The summed E-state index contributed by atoms with van der Waals surface area (Å²) in [5.41, 5.74) is 2.09. The molecule has 1 amide bonds. The Morgan fingerprint density at radius 1 is 1.09 bits per heavy atom. The summed E-state index contributed by atoms with van der Waals surface area (Å²) in [5.74, 6) is -0.0647. The van der Waals surface area contributed by atoms with Gasteiger partial charge in [0.15, 0.2) is 11.5 Å². The molecule has 3 aromatic rings. The average molecular weight is 507 g/mol. The quantitative estimate of drug-likeness (QED) is 0.324. The minimum Gasteiger partial charge on any atom is -0.493 e. The first kappa shape index (κ1) is 23.3. The van der Waals surface area contributed by atoms with Crippen molar-refractivity contribution >= 4 is 28.1 Å². The molecule has 0 aromatic heterocycles. The number of methoxy groups -OCH3 is 1. The summed E-state index contributed by atoms with van der Waals surface area (Å²) in [7, 11) is 1.48. The molecule has 0 aliphatic rings. The first-order chi connectivity index (χ1) is 15.3. The molecule has 5 nitrogen and oxygen atoms in total. The van der Waals surface area contributed by atoms with Crippen LogP contribution in [0.5, 0.6) is 11.5 Å². The molecule has 3 rings (SSSR count). The lowest BCUT2D eigenvalue weighted by atomic mass is 10.1. The van der Waals surface area contributed by atoms with Gasteiger partial charge in [0.25, 0.3) is 5.91 Å². The minimum absolute atomic E-state index is 0.331. The van der Waals surface area contributed by atoms with E-state index in [0.717, 1.165) is 17.7 Å². The molecule has 32 heavy (non-hydrogen) atoms. The second kappa shape index (κ2) is 10.3. The molecular formula is C23H18BrF3N2O3. The number of hydrazone groups is 1. The fourth-order valence-electron chi connectivity index (χ4n) is 2.84. The van der Waals surface area contributed by atoms with E-state index in [1.165, 1.54) is 25.5 Å². The molecule has 3 aromatic carbocycles. The lowest BCUT2D eigenvalue weighted by Gasteiger charge is -2.13. The van der Waals surface area contributed by atoms with E-state index in [4.69, 9.17) is 9.47 Å². The van der Waals surface area contributed by atoms with Gasteiger partial charge in [0.1, 0.15) is 6.61 Å². The largest absolute Gasteiger partial charge is 0.493 e. The lowest BCUT2D eigenvalue weighted by Crippen LogP contribution is -2.22. The highest BCUT2D eigenvalue weighted by atomic mass is 79.9. The average Bonchev–Trinajstić information content (AvgIpc) is 2.78. The number of amides is 1. The van der Waals surface area contributed by atoms with Crippen LogP contribution in [0.25, 0.3) is 0 Å². The van der Waals surface area contributed by atoms with Crippen molar-refractivity contribution in [2.45, 2.75) is 12.8 Å². The van der Waals surface area contributed by atoms with Crippen LogP contribution in [0.4, 0.5) is 13.2 Å². The van der Waals surface area contributed by atoms with Crippen molar-refractivity contribution in [3.05, 3.63) is 93.5 Å². The number of nitrogens with zero attached hydrogens (tertiary/aromatic N) is 1. The molecule has 0 aliphatic carbocycles. The van der Waals surface area contributed by atoms with E-state index >= 15 is 0 Å². The number of benzene rings is 3. The zero-order valence-corrected chi connectivity index (χ0v) is 18.4. The van der Waals surface area contributed by atoms with Gasteiger partial charge in [-0.25, -0.2) is 5.43 Å². The van der Waals surface area contributed by atoms with Crippen molar-refractivity contribution in [1.82, 2.24) is 5.43 Å². The molecule has 0 saturated carbocycles. The fourth-order valence-corrected chi connectivity index (χ4v) is 3.41. The van der Waals surface area contributed by atoms with Crippen molar-refractivity contribution < 1.29 is 27.4 Å². The summed E-state index contributed by atoms with van der Waals surface area (Å²) in [5, 5.41) is 3.77. The van der Waals surface area contributed by atoms with E-state index in [9.17, 15) is 18.0 Å². The molecule has 0 unspecified atom stereocenters. The second-order valence-corrected chi connectivity index (χ2v) is 7.41. The fraction of sp³-hybridized carbons (Fsp3) is 0.130. The molecule has 1 N–H and O–H groups in total. The summed E-state index contributed by atoms with van der Waals surface area (Å²) >= 11 is 3.42. The van der Waals surface area contributed by atoms with E-state index in [1.807, 2.05) is 30.3 Å². The Hall–Kier alpha value is -3.33. The van der Waals surface area contributed by atoms with Crippen LogP contribution in [0.1, 0.15) is 27.0 Å². The molecule has 0 aliphatic heterocycles. The number of carbonyl (C=O) groups is 1. The van der Waals surface area contributed by atoms with Gasteiger partial charge in [-0.2, -0.15) is 18.3 Å². The topological polar surface area (TPSA) is 59.9 Å². The molecule has 9 heteroatoms. The number of rotatable bonds is 7. The van der Waals surface area contributed by atoms with Crippen LogP contribution in [0, 0.1) is 0 Å². The first-order valence-corrected chi connectivity index (χ1v) is 10.1. The standard InChI is InChI=1S/C23H18BrF3N2O3/c1-31-20-12-16(11-19(24)21(20)32-14-15-7-3-2-4-8-15)13-28-29-22(30)17-9-5-6-10-18(17)23(25,26)27/h2-13H,14H2,1H3,(H,29,30)/b28-13+. The summed E-state index contributed by atoms with van der Waals surface area (Å²) < 4.78 is 51.1. The Morgan fingerprint density at radius 2 is 1.78 bits per heavy atom. The highest BCUT2D eigenvalue weighted by molar-refractivity contribution is 9.10. The highest BCUT2D eigenvalue weighted by Gasteiger charge is 2.34. The molecular weight excluding hydrogens is 489 g/mol. The highest BCUT2D eigenvalue weighted by Crippen LogP contribution is 2.37. The van der Waals surface area contributed by atoms with Gasteiger partial charge >= 0.3 is 6.18 Å². The Balaban J connectivity index is 1.72. The molecule has 0 heterocycles. The van der Waals surface area contributed by atoms with Crippen LogP contribution in [-0.4, -0.2) is 19.2 Å². The van der Waals surface area contributed by atoms with Crippen LogP contribution < -0.4 is 14.9 Å². The molecule has 0 atom stereocenters. The monoisotopic (exact) mass is 506 g/mol. The zero-order valence-electron chi connectivity index (χ0n) is 16.8. The third-order valence-corrected chi connectivity index (χ3v) is 4.92. The van der Waals surface area contributed by atoms with Crippen molar-refractivity contribution in [2.75, 3.05) is 7.11 Å². The molecule has 166 valence electrons. The van der Waals surface area contributed by atoms with Crippen molar-refractivity contribution in [3.63, 3.8) is 0 Å². The Morgan fingerprint density at radius 3 is 2.47 bits per heavy atom. The summed E-state index contributed by atoms with van der Waals surface area (Å²) in [6.45, 7) is 0.331. The third kappa shape index (κ3) is 5.88. The van der Waals surface area contributed by atoms with Gasteiger partial charge in [0.2, 0.25) is 0 Å². The molecule has 0 fully saturated rings. The number of nitrogens with one attached hydrogen (secondary N) is 1. The van der Waals surface area contributed by atoms with Crippen molar-refractivity contribution in [2.24, 2.45) is 5.10 Å². The Kier molecular flexibility index (Phi) is 7.53. The van der Waals surface area contributed by atoms with Gasteiger partial charge in [-0.3, -0.25) is 4.79 Å². The maximum atomic E-state index is 13.1. The molecule has 0 spiro atoms. The van der Waals surface area contributed by atoms with Crippen molar-refractivity contribution in [1.29, 1.82) is 0 Å². The maximum absolute atomic E-state index is 13.1. The summed E-state index contributed by atoms with van der Waals surface area (Å²) in [6.07, 6.45) is -3.35. The lowest BCUT2D eigenvalue weighted by molar-refractivity contribution is -0.137. The maximum Gasteiger partial charge on any atom is 0.417 e. The summed E-state index contributed by atoms with van der Waals surface area (Å²) in [6, 6.07) is 17.4. The van der Waals surface area contributed by atoms with Gasteiger partial charge in [-0.05, 0) is 51.3 Å². The van der Waals surface area contributed by atoms with E-state index in [1.54, 1.807) is 12.1 Å². The van der Waals surface area contributed by atoms with E-state index in [0.29, 0.717) is 28.1 Å². The minimum atomic E-state index is -4.65. The van der Waals surface area contributed by atoms with Gasteiger partial charge in [-0.15, -0.1) is 0 Å². The van der Waals surface area contributed by atoms with Gasteiger partial charge in [-0.1, -0.05) is 42.5 Å². The van der Waals surface area contributed by atoms with Crippen LogP contribution in [-0.2, 0) is 12.8 Å². The van der Waals surface area contributed by atoms with Crippen LogP contribution >= 0.6 is 15.9 Å². The Labute approximate surface area is 191 Å². The SMILES string of the molecule is COc1cc(/C=N/NC(=O)c2ccccc2C(F)(F)F)cc(Br)c1OCc1ccccc1. The van der Waals surface area contributed by atoms with Gasteiger partial charge in [0.05, 0.1) is 28.9 Å². The number of hydrogen-bond donors (Lipinski definition) is 1. The number of ether oxygens (including phenoxy) is 2. The zero-order chi connectivity index (χ0) is 23.1. The van der Waals surface area contributed by atoms with E-state index in [-0.39, 0.29) is 0 Å². The van der Waals surface area contributed by atoms with E-state index in [2.05, 4.69) is 26.5 Å². The summed E-state index contributed by atoms with van der Waals surface area (Å²) in [4.78, 5) is 12.2. The van der Waals surface area contributed by atoms with Crippen LogP contribution in [0.15, 0.2) is 76.3 Å². The molecule has 0 bridgehead atoms.